The van der Waals surface area contributed by atoms with Gasteiger partial charge in [-0.15, -0.1) is 11.6 Å². The lowest BCUT2D eigenvalue weighted by Crippen LogP contribution is -2.20. The first-order valence-electron chi connectivity index (χ1n) is 9.60. The van der Waals surface area contributed by atoms with E-state index in [9.17, 15) is 15.0 Å². The number of carboxylic acid groups (broad SMARTS) is 1. The van der Waals surface area contributed by atoms with Crippen molar-refractivity contribution in [1.29, 1.82) is 0 Å². The molecule has 0 bridgehead atoms. The lowest BCUT2D eigenvalue weighted by molar-refractivity contribution is -0.137. The minimum Gasteiger partial charge on any atom is -0.481 e. The molecule has 3 N–H and O–H groups in total. The summed E-state index contributed by atoms with van der Waals surface area (Å²) in [4.78, 5) is 10.5. The number of hydrogen-bond donors (Lipinski definition) is 3. The Hall–Kier alpha value is -0.810. The summed E-state index contributed by atoms with van der Waals surface area (Å²) >= 11 is 12.3. The fourth-order valence-corrected chi connectivity index (χ4v) is 3.87. The van der Waals surface area contributed by atoms with Crippen molar-refractivity contribution in [1.82, 2.24) is 0 Å². The Balaban J connectivity index is 2.58. The highest BCUT2D eigenvalue weighted by atomic mass is 35.5. The molecule has 0 heterocycles. The van der Waals surface area contributed by atoms with Crippen LogP contribution in [-0.2, 0) is 4.79 Å². The largest absolute Gasteiger partial charge is 0.481 e. The molecule has 0 aromatic heterocycles. The average Bonchev–Trinajstić information content (AvgIpc) is 2.86. The van der Waals surface area contributed by atoms with Crippen LogP contribution in [0.5, 0.6) is 0 Å². The van der Waals surface area contributed by atoms with Crippen molar-refractivity contribution in [3.63, 3.8) is 0 Å². The molecule has 4 nitrogen and oxygen atoms in total. The minimum absolute atomic E-state index is 0.0351. The lowest BCUT2D eigenvalue weighted by Gasteiger charge is -2.20. The first kappa shape index (κ1) is 24.2. The van der Waals surface area contributed by atoms with Gasteiger partial charge in [0.05, 0.1) is 12.2 Å². The van der Waals surface area contributed by atoms with E-state index in [0.717, 1.165) is 12.8 Å². The van der Waals surface area contributed by atoms with Gasteiger partial charge in [0, 0.05) is 22.7 Å². The third-order valence-corrected chi connectivity index (χ3v) is 5.75. The van der Waals surface area contributed by atoms with Crippen molar-refractivity contribution in [2.75, 3.05) is 0 Å². The second-order valence-electron chi connectivity index (χ2n) is 7.43. The molecular formula is C21H32Cl2O4. The van der Waals surface area contributed by atoms with Crippen molar-refractivity contribution in [2.45, 2.75) is 70.0 Å². The third-order valence-electron chi connectivity index (χ3n) is 5.09. The molecule has 0 aromatic carbocycles. The second-order valence-corrected chi connectivity index (χ2v) is 8.59. The van der Waals surface area contributed by atoms with E-state index in [1.54, 1.807) is 6.08 Å². The molecule has 0 spiro atoms. The maximum atomic E-state index is 10.5. The summed E-state index contributed by atoms with van der Waals surface area (Å²) in [5, 5.41) is 29.9. The summed E-state index contributed by atoms with van der Waals surface area (Å²) in [6.07, 6.45) is 11.9. The highest BCUT2D eigenvalue weighted by Gasteiger charge is 2.39. The fraction of sp³-hybridized carbons (Fsp3) is 0.667. The van der Waals surface area contributed by atoms with E-state index in [0.29, 0.717) is 24.3 Å². The van der Waals surface area contributed by atoms with Crippen LogP contribution in [0.25, 0.3) is 0 Å². The molecule has 1 aliphatic carbocycles. The van der Waals surface area contributed by atoms with Crippen LogP contribution >= 0.6 is 23.2 Å². The van der Waals surface area contributed by atoms with Crippen molar-refractivity contribution >= 4 is 29.2 Å². The van der Waals surface area contributed by atoms with Gasteiger partial charge < -0.3 is 15.3 Å². The zero-order valence-electron chi connectivity index (χ0n) is 16.1. The number of aliphatic hydroxyl groups excluding tert-OH is 2. The van der Waals surface area contributed by atoms with Crippen LogP contribution in [0.15, 0.2) is 35.4 Å². The van der Waals surface area contributed by atoms with Crippen LogP contribution < -0.4 is 0 Å². The first-order valence-corrected chi connectivity index (χ1v) is 10.4. The molecular weight excluding hydrogens is 387 g/mol. The molecule has 0 saturated heterocycles. The summed E-state index contributed by atoms with van der Waals surface area (Å²) in [5.41, 5.74) is 0. The number of aliphatic carboxylic acids is 1. The minimum atomic E-state index is -0.780. The van der Waals surface area contributed by atoms with Gasteiger partial charge in [-0.1, -0.05) is 48.9 Å². The van der Waals surface area contributed by atoms with Gasteiger partial charge in [0.1, 0.15) is 0 Å². The summed E-state index contributed by atoms with van der Waals surface area (Å²) in [6.45, 7) is 3.77. The number of unbranched alkanes of at least 4 members (excludes halogenated alkanes) is 1. The quantitative estimate of drug-likeness (QED) is 0.254. The number of halogens is 2. The molecule has 0 aromatic rings. The number of alkyl halides is 1. The molecule has 6 atom stereocenters. The Morgan fingerprint density at radius 1 is 1.33 bits per heavy atom. The third kappa shape index (κ3) is 9.29. The first-order chi connectivity index (χ1) is 12.7. The standard InChI is InChI=1S/C21H32Cl2O4/c1-14(9-10-15(2)22)19(24)12-11-17-16(18(23)13-20(17)25)7-5-3-4-6-8-21(26)27/h3,5,10-12,14,16-20,24-25H,4,6-9,13H2,1-2H3,(H,26,27)/b5-3-,12-11+,15-10-/t14?,16-,17-,18-,19-,20-/m1/s1. The molecule has 1 aliphatic rings. The van der Waals surface area contributed by atoms with Gasteiger partial charge in [0.25, 0.3) is 0 Å². The summed E-state index contributed by atoms with van der Waals surface area (Å²) in [5.74, 6) is -0.741. The van der Waals surface area contributed by atoms with Gasteiger partial charge in [-0.25, -0.2) is 0 Å². The number of carbonyl (C=O) groups is 1. The zero-order chi connectivity index (χ0) is 20.4. The van der Waals surface area contributed by atoms with Crippen LogP contribution in [0.3, 0.4) is 0 Å². The van der Waals surface area contributed by atoms with E-state index >= 15 is 0 Å². The van der Waals surface area contributed by atoms with Crippen LogP contribution in [0.4, 0.5) is 0 Å². The normalized spacial score (nSPS) is 28.9. The summed E-state index contributed by atoms with van der Waals surface area (Å²) in [7, 11) is 0. The maximum absolute atomic E-state index is 10.5. The SMILES string of the molecule is C/C(Cl)=C/CC(C)[C@H](O)/C=C/[C@@H]1[C@@H](C/C=C\CCCC(=O)O)[C@H](Cl)C[C@H]1O. The van der Waals surface area contributed by atoms with Crippen molar-refractivity contribution in [2.24, 2.45) is 17.8 Å². The van der Waals surface area contributed by atoms with Gasteiger partial charge in [-0.2, -0.15) is 0 Å². The van der Waals surface area contributed by atoms with Gasteiger partial charge in [0.15, 0.2) is 0 Å². The summed E-state index contributed by atoms with van der Waals surface area (Å²) < 4.78 is 0. The average molecular weight is 419 g/mol. The Kier molecular flexibility index (Phi) is 11.3. The smallest absolute Gasteiger partial charge is 0.303 e. The fourth-order valence-electron chi connectivity index (χ4n) is 3.33. The Morgan fingerprint density at radius 2 is 2.04 bits per heavy atom. The highest BCUT2D eigenvalue weighted by Crippen LogP contribution is 2.39. The Labute approximate surface area is 172 Å². The number of rotatable bonds is 11. The number of aliphatic hydroxyl groups is 2. The van der Waals surface area contributed by atoms with E-state index in [2.05, 4.69) is 0 Å². The zero-order valence-corrected chi connectivity index (χ0v) is 17.6. The van der Waals surface area contributed by atoms with E-state index in [1.165, 1.54) is 0 Å². The highest BCUT2D eigenvalue weighted by molar-refractivity contribution is 6.29. The molecule has 1 rings (SSSR count). The Morgan fingerprint density at radius 3 is 2.67 bits per heavy atom. The van der Waals surface area contributed by atoms with E-state index < -0.39 is 18.2 Å². The molecule has 154 valence electrons. The maximum Gasteiger partial charge on any atom is 0.303 e. The van der Waals surface area contributed by atoms with Gasteiger partial charge >= 0.3 is 5.97 Å². The number of hydrogen-bond acceptors (Lipinski definition) is 3. The van der Waals surface area contributed by atoms with Crippen LogP contribution in [0.2, 0.25) is 0 Å². The van der Waals surface area contributed by atoms with Gasteiger partial charge in [-0.3, -0.25) is 4.79 Å². The molecule has 0 radical (unpaired) electrons. The summed E-state index contributed by atoms with van der Waals surface area (Å²) in [6, 6.07) is 0. The second kappa shape index (κ2) is 12.6. The molecule has 1 saturated carbocycles. The molecule has 0 amide bonds. The number of allylic oxidation sites excluding steroid dienone is 4. The molecule has 0 aliphatic heterocycles. The van der Waals surface area contributed by atoms with Crippen molar-refractivity contribution in [3.8, 4) is 0 Å². The molecule has 1 unspecified atom stereocenters. The monoisotopic (exact) mass is 418 g/mol. The van der Waals surface area contributed by atoms with Crippen molar-refractivity contribution in [3.05, 3.63) is 35.4 Å². The van der Waals surface area contributed by atoms with Crippen LogP contribution in [-0.4, -0.2) is 38.9 Å². The van der Waals surface area contributed by atoms with Gasteiger partial charge in [0.2, 0.25) is 0 Å². The van der Waals surface area contributed by atoms with Crippen LogP contribution in [0.1, 0.15) is 52.4 Å². The predicted molar refractivity (Wildman–Crippen MR) is 111 cm³/mol. The topological polar surface area (TPSA) is 77.8 Å². The van der Waals surface area contributed by atoms with E-state index in [-0.39, 0.29) is 29.6 Å². The van der Waals surface area contributed by atoms with E-state index in [4.69, 9.17) is 28.3 Å². The predicted octanol–water partition coefficient (Wildman–Crippen LogP) is 4.88. The van der Waals surface area contributed by atoms with E-state index in [1.807, 2.05) is 38.2 Å². The van der Waals surface area contributed by atoms with Crippen LogP contribution in [0, 0.1) is 17.8 Å². The molecule has 6 heteroatoms. The molecule has 27 heavy (non-hydrogen) atoms. The van der Waals surface area contributed by atoms with Gasteiger partial charge in [-0.05, 0) is 50.9 Å². The Bertz CT molecular complexity index is 540. The van der Waals surface area contributed by atoms with Crippen molar-refractivity contribution < 1.29 is 20.1 Å². The molecule has 1 fully saturated rings. The lowest BCUT2D eigenvalue weighted by atomic mass is 9.89. The number of carboxylic acids is 1.